The summed E-state index contributed by atoms with van der Waals surface area (Å²) in [7, 11) is -0.955. The van der Waals surface area contributed by atoms with Crippen LogP contribution in [0.3, 0.4) is 0 Å². The lowest BCUT2D eigenvalue weighted by Gasteiger charge is -2.37. The highest BCUT2D eigenvalue weighted by molar-refractivity contribution is 7.86. The Bertz CT molecular complexity index is 2680. The van der Waals surface area contributed by atoms with Crippen molar-refractivity contribution in [2.45, 2.75) is 69.7 Å². The number of nitrogens with one attached hydrogen (secondary N) is 2. The number of benzene rings is 2. The maximum Gasteiger partial charge on any atom is 0.330 e. The second-order valence-electron chi connectivity index (χ2n) is 16.2. The van der Waals surface area contributed by atoms with Crippen LogP contribution in [0.15, 0.2) is 55.0 Å². The number of phenols is 1. The van der Waals surface area contributed by atoms with Gasteiger partial charge in [0.15, 0.2) is 11.0 Å². The zero-order valence-electron chi connectivity index (χ0n) is 35.1. The van der Waals surface area contributed by atoms with Gasteiger partial charge < -0.3 is 20.6 Å². The molecular formula is C43H47F2N11O7S. The molecule has 5 N–H and O–H groups in total. The van der Waals surface area contributed by atoms with Gasteiger partial charge in [-0.25, -0.2) is 9.19 Å². The fourth-order valence-electron chi connectivity index (χ4n) is 9.19. The molecule has 2 fully saturated rings. The van der Waals surface area contributed by atoms with Gasteiger partial charge in [0, 0.05) is 68.7 Å². The Kier molecular flexibility index (Phi) is 12.4. The number of aryl methyl sites for hydroxylation is 1. The van der Waals surface area contributed by atoms with Gasteiger partial charge in [-0.3, -0.25) is 48.3 Å². The normalized spacial score (nSPS) is 17.8. The average Bonchev–Trinajstić information content (AvgIpc) is 3.99. The molecule has 0 bridgehead atoms. The van der Waals surface area contributed by atoms with Crippen LogP contribution < -0.4 is 20.7 Å². The van der Waals surface area contributed by atoms with E-state index in [1.54, 1.807) is 48.4 Å². The third-order valence-electron chi connectivity index (χ3n) is 12.3. The highest BCUT2D eigenvalue weighted by Gasteiger charge is 2.44. The van der Waals surface area contributed by atoms with E-state index in [0.717, 1.165) is 23.3 Å². The zero-order chi connectivity index (χ0) is 45.4. The summed E-state index contributed by atoms with van der Waals surface area (Å²) in [6, 6.07) is 8.20. The molecule has 64 heavy (non-hydrogen) atoms. The van der Waals surface area contributed by atoms with E-state index in [1.165, 1.54) is 12.1 Å². The number of amides is 5. The largest absolute Gasteiger partial charge is 0.506 e. The lowest BCUT2D eigenvalue weighted by molar-refractivity contribution is -0.133. The summed E-state index contributed by atoms with van der Waals surface area (Å²) in [5.41, 5.74) is 10.2. The number of anilines is 3. The number of hydrogen-bond donors (Lipinski definition) is 4. The number of aromatic nitrogens is 5. The first-order valence-electron chi connectivity index (χ1n) is 21.0. The van der Waals surface area contributed by atoms with Crippen LogP contribution in [-0.4, -0.2) is 112 Å². The molecule has 0 radical (unpaired) electrons. The smallest absolute Gasteiger partial charge is 0.330 e. The number of fused-ring (bicyclic) bond motifs is 2. The maximum absolute atomic E-state index is 13.8. The highest BCUT2D eigenvalue weighted by atomic mass is 32.2. The molecule has 0 spiro atoms. The molecule has 3 aliphatic heterocycles. The average molecular weight is 900 g/mol. The van der Waals surface area contributed by atoms with Gasteiger partial charge in [-0.15, -0.1) is 0 Å². The molecule has 5 amide bonds. The molecule has 6 heterocycles. The molecule has 8 rings (SSSR count). The summed E-state index contributed by atoms with van der Waals surface area (Å²) in [6.07, 6.45) is 9.58. The molecule has 0 aliphatic carbocycles. The van der Waals surface area contributed by atoms with Crippen LogP contribution in [0.2, 0.25) is 0 Å². The molecule has 2 aromatic carbocycles. The topological polar surface area (TPSA) is 231 Å². The summed E-state index contributed by atoms with van der Waals surface area (Å²) in [4.78, 5) is 74.3. The number of nitrogen functional groups attached to an aromatic ring is 1. The number of carbonyl (C=O) groups excluding carboxylic acids is 5. The minimum atomic E-state index is -3.14. The standard InChI is InChI=1S/C43H47F2N11O7S/c1-3-6-32(40(60)48-23-57)56-41(61)28-8-4-9-31(35(28)42(56)62)54-14-5-7-24(21-54)17-34(59)53-15-12-27(13-16-53)55-22-26(19-49-55)29-20-47-39(46)36-37(50-52(2)38(29)36)25-10-11-30(33(58)18-25)51-64(63)43(44)45/h4,8-11,18-20,22-24,27,32,43,51,58H,3,5-7,12-17,21H2,1-2H3,(H2,46,47)(H,48,57,60). The predicted molar refractivity (Wildman–Crippen MR) is 233 cm³/mol. The maximum atomic E-state index is 13.8. The van der Waals surface area contributed by atoms with Crippen molar-refractivity contribution in [1.82, 2.24) is 39.7 Å². The van der Waals surface area contributed by atoms with E-state index in [9.17, 15) is 42.1 Å². The predicted octanol–water partition coefficient (Wildman–Crippen LogP) is 4.59. The molecule has 0 saturated carbocycles. The Morgan fingerprint density at radius 1 is 1.05 bits per heavy atom. The number of nitrogens with two attached hydrogens (primary N) is 1. The Balaban J connectivity index is 0.911. The van der Waals surface area contributed by atoms with Crippen LogP contribution in [0.4, 0.5) is 26.0 Å². The summed E-state index contributed by atoms with van der Waals surface area (Å²) in [5, 5.41) is 22.5. The number of pyridine rings is 1. The Morgan fingerprint density at radius 3 is 2.55 bits per heavy atom. The van der Waals surface area contributed by atoms with E-state index in [1.807, 2.05) is 22.7 Å². The van der Waals surface area contributed by atoms with E-state index in [0.29, 0.717) is 85.3 Å². The van der Waals surface area contributed by atoms with Crippen LogP contribution in [0.25, 0.3) is 33.3 Å². The van der Waals surface area contributed by atoms with E-state index in [-0.39, 0.29) is 53.3 Å². The summed E-state index contributed by atoms with van der Waals surface area (Å²) >= 11 is 0. The van der Waals surface area contributed by atoms with Crippen LogP contribution in [0.1, 0.15) is 78.6 Å². The van der Waals surface area contributed by atoms with Crippen molar-refractivity contribution >= 4 is 69.1 Å². The van der Waals surface area contributed by atoms with Crippen LogP contribution in [-0.2, 0) is 32.4 Å². The SMILES string of the molecule is CCCC(C(=O)NC=O)N1C(=O)c2cccc(N3CCCC(CC(=O)N4CCC(n5cc(-c6cnc(N)c7c(-c8ccc(NS(=O)C(F)F)c(O)c8)nn(C)c67)cn5)CC4)C3)c2C1=O. The fraction of sp³-hybridized carbons (Fsp3) is 0.395. The van der Waals surface area contributed by atoms with Crippen LogP contribution in [0, 0.1) is 5.92 Å². The monoisotopic (exact) mass is 899 g/mol. The van der Waals surface area contributed by atoms with Gasteiger partial charge in [-0.1, -0.05) is 25.5 Å². The van der Waals surface area contributed by atoms with Crippen molar-refractivity contribution < 1.29 is 42.1 Å². The van der Waals surface area contributed by atoms with Crippen molar-refractivity contribution in [3.63, 3.8) is 0 Å². The second-order valence-corrected chi connectivity index (χ2v) is 17.4. The van der Waals surface area contributed by atoms with Gasteiger partial charge in [0.1, 0.15) is 23.3 Å². The minimum absolute atomic E-state index is 0.0165. The molecule has 5 aromatic rings. The highest BCUT2D eigenvalue weighted by Crippen LogP contribution is 2.40. The molecular weight excluding hydrogens is 853 g/mol. The number of hydrogen-bond acceptors (Lipinski definition) is 12. The Hall–Kier alpha value is -6.77. The van der Waals surface area contributed by atoms with Gasteiger partial charge in [0.05, 0.1) is 45.6 Å². The second kappa shape index (κ2) is 18.1. The molecule has 3 aliphatic rings. The van der Waals surface area contributed by atoms with E-state index in [2.05, 4.69) is 25.0 Å². The molecule has 21 heteroatoms. The summed E-state index contributed by atoms with van der Waals surface area (Å²) < 4.78 is 42.9. The summed E-state index contributed by atoms with van der Waals surface area (Å²) in [6.45, 7) is 4.07. The van der Waals surface area contributed by atoms with Gasteiger partial charge >= 0.3 is 5.76 Å². The van der Waals surface area contributed by atoms with Crippen LogP contribution in [0.5, 0.6) is 5.75 Å². The quantitative estimate of drug-likeness (QED) is 0.0682. The number of likely N-dealkylation sites (tertiary alicyclic amines) is 1. The van der Waals surface area contributed by atoms with Crippen molar-refractivity contribution in [3.8, 4) is 28.1 Å². The van der Waals surface area contributed by atoms with E-state index >= 15 is 0 Å². The molecule has 3 aromatic heterocycles. The number of alkyl halides is 2. The van der Waals surface area contributed by atoms with E-state index < -0.39 is 46.3 Å². The number of aromatic hydroxyl groups is 1. The van der Waals surface area contributed by atoms with E-state index in [4.69, 9.17) is 10.8 Å². The minimum Gasteiger partial charge on any atom is -0.506 e. The van der Waals surface area contributed by atoms with Crippen LogP contribution >= 0.6 is 0 Å². The third-order valence-corrected chi connectivity index (χ3v) is 13.0. The molecule has 2 saturated heterocycles. The number of carbonyl (C=O) groups is 5. The number of piperidine rings is 2. The number of nitrogens with zero attached hydrogens (tertiary/aromatic N) is 8. The lowest BCUT2D eigenvalue weighted by Crippen LogP contribution is -2.49. The number of phenolic OH excluding ortho intramolecular Hbond substituents is 1. The molecule has 3 atom stereocenters. The van der Waals surface area contributed by atoms with Crippen molar-refractivity contribution in [3.05, 3.63) is 66.1 Å². The first-order chi connectivity index (χ1) is 30.8. The Morgan fingerprint density at radius 2 is 1.83 bits per heavy atom. The first-order valence-corrected chi connectivity index (χ1v) is 22.2. The number of rotatable bonds is 14. The van der Waals surface area contributed by atoms with Gasteiger partial charge in [-0.05, 0) is 62.3 Å². The lowest BCUT2D eigenvalue weighted by atomic mass is 9.92. The molecule has 18 nitrogen and oxygen atoms in total. The third kappa shape index (κ3) is 8.26. The first kappa shape index (κ1) is 43.9. The summed E-state index contributed by atoms with van der Waals surface area (Å²) in [5.74, 6) is -5.13. The molecule has 336 valence electrons. The molecule has 3 unspecified atom stereocenters. The Labute approximate surface area is 368 Å². The van der Waals surface area contributed by atoms with Crippen molar-refractivity contribution in [2.75, 3.05) is 41.5 Å². The van der Waals surface area contributed by atoms with Gasteiger partial charge in [0.25, 0.3) is 11.8 Å². The van der Waals surface area contributed by atoms with Gasteiger partial charge in [0.2, 0.25) is 18.2 Å². The number of halogens is 2. The zero-order valence-corrected chi connectivity index (χ0v) is 35.9. The van der Waals surface area contributed by atoms with Crippen molar-refractivity contribution in [2.24, 2.45) is 13.0 Å². The fourth-order valence-corrected chi connectivity index (χ4v) is 9.67. The van der Waals surface area contributed by atoms with Gasteiger partial charge in [-0.2, -0.15) is 19.0 Å². The number of imide groups is 2. The van der Waals surface area contributed by atoms with Crippen molar-refractivity contribution in [1.29, 1.82) is 0 Å².